The van der Waals surface area contributed by atoms with Gasteiger partial charge in [0.05, 0.1) is 0 Å². The van der Waals surface area contributed by atoms with Gasteiger partial charge in [0.1, 0.15) is 0 Å². The minimum absolute atomic E-state index is 0.131. The third-order valence-electron chi connectivity index (χ3n) is 1.94. The molecule has 0 aliphatic carbocycles. The molecule has 1 aliphatic rings. The molecule has 16 heavy (non-hydrogen) atoms. The Balaban J connectivity index is 3.02. The predicted molar refractivity (Wildman–Crippen MR) is 68.1 cm³/mol. The van der Waals surface area contributed by atoms with Crippen molar-refractivity contribution >= 4 is 37.1 Å². The second-order valence-electron chi connectivity index (χ2n) is 2.83. The van der Waals surface area contributed by atoms with E-state index in [4.69, 9.17) is 16.5 Å². The van der Waals surface area contributed by atoms with Crippen LogP contribution < -0.4 is 0 Å². The Morgan fingerprint density at radius 2 is 1.12 bits per heavy atom. The van der Waals surface area contributed by atoms with Gasteiger partial charge in [0, 0.05) is 0 Å². The van der Waals surface area contributed by atoms with Gasteiger partial charge in [0.15, 0.2) is 0 Å². The van der Waals surface area contributed by atoms with Gasteiger partial charge in [-0.25, -0.2) is 0 Å². The molecule has 1 heterocycles. The molecule has 0 unspecified atom stereocenters. The number of hydrogen-bond acceptors (Lipinski definition) is 4. The lowest BCUT2D eigenvalue weighted by molar-refractivity contribution is 0.301. The Morgan fingerprint density at radius 3 is 1.44 bits per heavy atom. The van der Waals surface area contributed by atoms with E-state index in [2.05, 4.69) is 26.3 Å². The first-order valence-corrected chi connectivity index (χ1v) is 10.00. The Bertz CT molecular complexity index is 262. The summed E-state index contributed by atoms with van der Waals surface area (Å²) in [5.74, 6) is 0. The minimum atomic E-state index is -2.68. The highest BCUT2D eigenvalue weighted by Crippen LogP contribution is 2.21. The Kier molecular flexibility index (Phi) is 5.01. The molecule has 4 radical (unpaired) electrons. The van der Waals surface area contributed by atoms with Gasteiger partial charge in [-0.2, -0.15) is 0 Å². The highest BCUT2D eigenvalue weighted by molar-refractivity contribution is 6.93. The SMILES string of the molecule is C=C[Si]1(C=C)O[Si]O[Si]O[Si](C=C)(C=C)O1. The molecule has 4 nitrogen and oxygen atoms in total. The highest BCUT2D eigenvalue weighted by Gasteiger charge is 2.44. The van der Waals surface area contributed by atoms with Gasteiger partial charge >= 0.3 is 37.1 Å². The molecule has 1 fully saturated rings. The fourth-order valence-corrected chi connectivity index (χ4v) is 9.32. The summed E-state index contributed by atoms with van der Waals surface area (Å²) in [6.07, 6.45) is 0. The van der Waals surface area contributed by atoms with Gasteiger partial charge in [-0.3, -0.25) is 0 Å². The summed E-state index contributed by atoms with van der Waals surface area (Å²) in [5, 5.41) is 0. The van der Waals surface area contributed by atoms with Gasteiger partial charge < -0.3 is 16.5 Å². The predicted octanol–water partition coefficient (Wildman–Crippen LogP) is 0.920. The zero-order valence-electron chi connectivity index (χ0n) is 8.77. The zero-order chi connectivity index (χ0) is 12.1. The lowest BCUT2D eigenvalue weighted by Crippen LogP contribution is -2.55. The van der Waals surface area contributed by atoms with E-state index in [1.165, 1.54) is 0 Å². The molecular formula is C8H12O4Si4. The molecule has 0 aromatic carbocycles. The Hall–Kier alpha value is -0.332. The normalized spacial score (nSPS) is 23.5. The van der Waals surface area contributed by atoms with Crippen LogP contribution in [0.1, 0.15) is 0 Å². The highest BCUT2D eigenvalue weighted by atomic mass is 28.5. The second-order valence-corrected chi connectivity index (χ2v) is 11.0. The van der Waals surface area contributed by atoms with Crippen LogP contribution in [0.2, 0.25) is 0 Å². The molecule has 0 atom stereocenters. The molecule has 0 spiro atoms. The zero-order valence-corrected chi connectivity index (χ0v) is 12.8. The van der Waals surface area contributed by atoms with Gasteiger partial charge in [-0.15, -0.1) is 26.3 Å². The van der Waals surface area contributed by atoms with Crippen LogP contribution in [-0.4, -0.2) is 37.1 Å². The van der Waals surface area contributed by atoms with Crippen molar-refractivity contribution in [2.45, 2.75) is 0 Å². The van der Waals surface area contributed by atoms with Crippen LogP contribution in [0.15, 0.2) is 49.1 Å². The molecule has 84 valence electrons. The van der Waals surface area contributed by atoms with E-state index < -0.39 is 17.1 Å². The molecular weight excluding hydrogens is 272 g/mol. The molecule has 1 saturated heterocycles. The van der Waals surface area contributed by atoms with E-state index in [0.29, 0.717) is 0 Å². The average molecular weight is 285 g/mol. The second kappa shape index (κ2) is 5.84. The van der Waals surface area contributed by atoms with Crippen LogP contribution in [0.4, 0.5) is 0 Å². The van der Waals surface area contributed by atoms with Crippen molar-refractivity contribution in [2.75, 3.05) is 0 Å². The van der Waals surface area contributed by atoms with Gasteiger partial charge in [-0.1, -0.05) is 0 Å². The first-order valence-electron chi connectivity index (χ1n) is 4.42. The fourth-order valence-electron chi connectivity index (χ4n) is 0.980. The monoisotopic (exact) mass is 284 g/mol. The Labute approximate surface area is 103 Å². The van der Waals surface area contributed by atoms with Crippen LogP contribution in [-0.2, 0) is 16.5 Å². The molecule has 0 amide bonds. The third-order valence-corrected chi connectivity index (χ3v) is 10.7. The molecule has 0 aromatic heterocycles. The fraction of sp³-hybridized carbons (Fsp3) is 0. The Morgan fingerprint density at radius 1 is 0.750 bits per heavy atom. The van der Waals surface area contributed by atoms with Gasteiger partial charge in [0.2, 0.25) is 0 Å². The maximum atomic E-state index is 5.96. The van der Waals surface area contributed by atoms with E-state index in [0.717, 1.165) is 0 Å². The smallest absolute Gasteiger partial charge is 0.412 e. The van der Waals surface area contributed by atoms with Crippen LogP contribution in [0.3, 0.4) is 0 Å². The average Bonchev–Trinajstić information content (AvgIpc) is 2.31. The topological polar surface area (TPSA) is 36.9 Å². The minimum Gasteiger partial charge on any atom is -0.412 e. The first kappa shape index (κ1) is 13.7. The molecule has 0 bridgehead atoms. The summed E-state index contributed by atoms with van der Waals surface area (Å²) < 4.78 is 22.3. The van der Waals surface area contributed by atoms with Crippen LogP contribution in [0.25, 0.3) is 0 Å². The number of rotatable bonds is 4. The lowest BCUT2D eigenvalue weighted by Gasteiger charge is -2.35. The van der Waals surface area contributed by atoms with Crippen LogP contribution in [0, 0.1) is 0 Å². The quantitative estimate of drug-likeness (QED) is 0.720. The molecule has 1 aliphatic heterocycles. The van der Waals surface area contributed by atoms with E-state index in [9.17, 15) is 0 Å². The van der Waals surface area contributed by atoms with Crippen molar-refractivity contribution in [3.63, 3.8) is 0 Å². The lowest BCUT2D eigenvalue weighted by atomic mass is 11.2. The van der Waals surface area contributed by atoms with Gasteiger partial charge in [0.25, 0.3) is 0 Å². The van der Waals surface area contributed by atoms with Crippen molar-refractivity contribution in [2.24, 2.45) is 0 Å². The van der Waals surface area contributed by atoms with Crippen molar-refractivity contribution in [1.29, 1.82) is 0 Å². The molecule has 8 heteroatoms. The summed E-state index contributed by atoms with van der Waals surface area (Å²) >= 11 is 0. The van der Waals surface area contributed by atoms with E-state index in [1.54, 1.807) is 22.8 Å². The van der Waals surface area contributed by atoms with Crippen molar-refractivity contribution in [1.82, 2.24) is 0 Å². The summed E-state index contributed by atoms with van der Waals surface area (Å²) in [5.41, 5.74) is 6.57. The summed E-state index contributed by atoms with van der Waals surface area (Å²) in [6, 6.07) is 0. The van der Waals surface area contributed by atoms with Crippen molar-refractivity contribution < 1.29 is 16.5 Å². The largest absolute Gasteiger partial charge is 0.413 e. The summed E-state index contributed by atoms with van der Waals surface area (Å²) in [7, 11) is -5.61. The number of hydrogen-bond donors (Lipinski definition) is 0. The van der Waals surface area contributed by atoms with Crippen molar-refractivity contribution in [3.8, 4) is 0 Å². The van der Waals surface area contributed by atoms with Crippen LogP contribution >= 0.6 is 0 Å². The molecule has 0 aromatic rings. The first-order chi connectivity index (χ1) is 7.66. The maximum absolute atomic E-state index is 5.96. The maximum Gasteiger partial charge on any atom is 0.413 e. The third kappa shape index (κ3) is 2.87. The van der Waals surface area contributed by atoms with E-state index in [1.807, 2.05) is 0 Å². The molecule has 0 saturated carbocycles. The standard InChI is InChI=1S/C8H12O4Si4/c1-5-15(6-2)10-13-9-14-11-16(7-3,8-4)12-15/h5-8H,1-4H2. The van der Waals surface area contributed by atoms with Crippen molar-refractivity contribution in [3.05, 3.63) is 49.1 Å². The summed E-state index contributed by atoms with van der Waals surface area (Å²) in [6.45, 7) is 14.9. The van der Waals surface area contributed by atoms with Gasteiger partial charge in [-0.05, 0) is 22.8 Å². The molecule has 1 rings (SSSR count). The van der Waals surface area contributed by atoms with E-state index >= 15 is 0 Å². The van der Waals surface area contributed by atoms with E-state index in [-0.39, 0.29) is 20.0 Å². The van der Waals surface area contributed by atoms with Crippen LogP contribution in [0.5, 0.6) is 0 Å². The molecule has 0 N–H and O–H groups in total. The summed E-state index contributed by atoms with van der Waals surface area (Å²) in [4.78, 5) is 0.